The minimum Gasteiger partial charge on any atom is -0.451 e. The number of alkyl halides is 3. The van der Waals surface area contributed by atoms with Gasteiger partial charge in [-0.15, -0.1) is 0 Å². The lowest BCUT2D eigenvalue weighted by molar-refractivity contribution is -0.163. The highest BCUT2D eigenvalue weighted by Crippen LogP contribution is 2.37. The highest BCUT2D eigenvalue weighted by molar-refractivity contribution is 6.01. The highest BCUT2D eigenvalue weighted by Gasteiger charge is 2.46. The van der Waals surface area contributed by atoms with Gasteiger partial charge in [-0.2, -0.15) is 23.7 Å². The number of carbonyl (C=O) groups is 14. The number of hydrogen-bond donors (Lipinski definition) is 6. The molecule has 2 saturated heterocycles. The predicted octanol–water partition coefficient (Wildman–Crippen LogP) is 12.3. The van der Waals surface area contributed by atoms with Crippen LogP contribution in [0.25, 0.3) is 10.9 Å². The molecule has 1 aromatic heterocycles. The van der Waals surface area contributed by atoms with Crippen molar-refractivity contribution in [2.75, 3.05) is 42.3 Å². The Labute approximate surface area is 809 Å². The molecule has 34 heteroatoms. The van der Waals surface area contributed by atoms with Crippen LogP contribution in [0.4, 0.5) is 13.2 Å². The Balaban J connectivity index is 1.45. The zero-order valence-corrected chi connectivity index (χ0v) is 84.7. The van der Waals surface area contributed by atoms with E-state index in [1.807, 2.05) is 87.4 Å². The first-order valence-corrected chi connectivity index (χ1v) is 50.0. The van der Waals surface area contributed by atoms with E-state index < -0.39 is 185 Å². The second kappa shape index (κ2) is 53.5. The second-order valence-electron chi connectivity index (χ2n) is 41.0. The third-order valence-electron chi connectivity index (χ3n) is 27.8. The average molecular weight is 1920 g/mol. The average Bonchev–Trinajstić information content (AvgIpc) is 1.62. The molecule has 0 spiro atoms. The number of hydrogen-bond acceptors (Lipinski definition) is 18. The number of rotatable bonds is 32. The molecular weight excluding hydrogens is 1760 g/mol. The fourth-order valence-electron chi connectivity index (χ4n) is 19.5. The zero-order valence-electron chi connectivity index (χ0n) is 84.7. The zero-order chi connectivity index (χ0) is 102. The summed E-state index contributed by atoms with van der Waals surface area (Å²) in [6.07, 6.45) is 3.43. The number of cyclic esters (lactones) is 2. The molecule has 31 nitrogen and oxygen atoms in total. The van der Waals surface area contributed by atoms with Gasteiger partial charge in [-0.3, -0.25) is 57.5 Å². The van der Waals surface area contributed by atoms with E-state index in [0.717, 1.165) is 92.6 Å². The third-order valence-corrected chi connectivity index (χ3v) is 27.8. The maximum absolute atomic E-state index is 16.5. The van der Waals surface area contributed by atoms with Crippen LogP contribution in [0.15, 0.2) is 48.7 Å². The lowest BCUT2D eigenvalue weighted by atomic mass is 9.84. The summed E-state index contributed by atoms with van der Waals surface area (Å²) in [6.45, 7) is 25.1. The molecule has 2 saturated carbocycles. The molecule has 0 radical (unpaired) electrons. The van der Waals surface area contributed by atoms with Crippen LogP contribution in [0.2, 0.25) is 0 Å². The summed E-state index contributed by atoms with van der Waals surface area (Å²) in [4.78, 5) is 223. The predicted molar refractivity (Wildman–Crippen MR) is 514 cm³/mol. The van der Waals surface area contributed by atoms with Gasteiger partial charge in [0.2, 0.25) is 59.1 Å². The maximum Gasteiger partial charge on any atom is 0.416 e. The number of nitrogens with one attached hydrogen (secondary N) is 6. The molecule has 1 unspecified atom stereocenters. The SMILES string of the molecule is CCCC[C@@H](C)C[C@@H]1NC(=O)[C@H](CC2CCCCC2)N(C)C(=O)[C@H](CC(C)Cc2cccc3c(C[C@H]4C(=O)N[C@@H](CC(C)C)C(=O)N(C)[C@@H](C)C(=O)O[C@H](CCC#N)C(=O)N[C@@H](CCCC)C(=O)N(C)[C@@H](CC(C)C)C(=O)N[C@@H](CC(C)C)C(=O)N4C)cn(Cc4ccc(C(F)(F)F)cc4)c23)NC(=O)[C@H](CC(C)C)N(C)C(=O)[C@H](CC2CCCC2)NC(=O)[C@@H](CCC#N)OC(=O)[C@H](C)N(C)C1=O. The van der Waals surface area contributed by atoms with E-state index in [1.165, 1.54) is 87.9 Å². The lowest BCUT2D eigenvalue weighted by Crippen LogP contribution is -2.60. The molecule has 3 aromatic rings. The van der Waals surface area contributed by atoms with E-state index in [0.29, 0.717) is 46.9 Å². The molecule has 4 fully saturated rings. The summed E-state index contributed by atoms with van der Waals surface area (Å²) >= 11 is 0. The number of nitriles is 2. The molecule has 137 heavy (non-hydrogen) atoms. The molecule has 4 aliphatic rings. The van der Waals surface area contributed by atoms with Gasteiger partial charge in [-0.05, 0) is 154 Å². The van der Waals surface area contributed by atoms with Crippen LogP contribution in [-0.4, -0.2) is 244 Å². The van der Waals surface area contributed by atoms with Gasteiger partial charge in [-0.1, -0.05) is 203 Å². The quantitative estimate of drug-likeness (QED) is 0.0316. The molecule has 2 aliphatic heterocycles. The van der Waals surface area contributed by atoms with Crippen LogP contribution in [-0.2, 0) is 102 Å². The molecule has 16 atom stereocenters. The van der Waals surface area contributed by atoms with Gasteiger partial charge in [-0.25, -0.2) is 9.59 Å². The number of benzene rings is 2. The lowest BCUT2D eigenvalue weighted by Gasteiger charge is -2.37. The van der Waals surface area contributed by atoms with Gasteiger partial charge < -0.3 is 75.3 Å². The monoisotopic (exact) mass is 1920 g/mol. The normalized spacial score (nSPS) is 25.5. The van der Waals surface area contributed by atoms with E-state index in [2.05, 4.69) is 31.9 Å². The van der Waals surface area contributed by atoms with Gasteiger partial charge in [0.25, 0.3) is 11.8 Å². The number of likely N-dealkylation sites (N-methyl/N-ethyl adjacent to an activating group) is 6. The highest BCUT2D eigenvalue weighted by atomic mass is 19.4. The number of fused-ring (bicyclic) bond motifs is 1. The van der Waals surface area contributed by atoms with Crippen LogP contribution in [0.1, 0.15) is 293 Å². The summed E-state index contributed by atoms with van der Waals surface area (Å²) in [5.74, 6) is -13.1. The van der Waals surface area contributed by atoms with Gasteiger partial charge in [0.15, 0.2) is 12.2 Å². The van der Waals surface area contributed by atoms with Gasteiger partial charge >= 0.3 is 18.1 Å². The van der Waals surface area contributed by atoms with Crippen molar-refractivity contribution in [2.45, 2.75) is 381 Å². The largest absolute Gasteiger partial charge is 0.451 e. The molecule has 760 valence electrons. The van der Waals surface area contributed by atoms with Crippen molar-refractivity contribution < 1.29 is 89.8 Å². The Bertz CT molecular complexity index is 4690. The van der Waals surface area contributed by atoms with E-state index in [9.17, 15) is 42.9 Å². The first-order valence-electron chi connectivity index (χ1n) is 50.0. The number of amides is 12. The van der Waals surface area contributed by atoms with Crippen molar-refractivity contribution in [2.24, 2.45) is 47.3 Å². The summed E-state index contributed by atoms with van der Waals surface area (Å²) in [5.41, 5.74) is 0.970. The molecular formula is C103H156F3N15O16. The molecule has 2 aromatic carbocycles. The van der Waals surface area contributed by atoms with Crippen molar-refractivity contribution in [1.29, 1.82) is 10.5 Å². The molecule has 3 heterocycles. The number of aromatic nitrogens is 1. The van der Waals surface area contributed by atoms with Crippen molar-refractivity contribution >= 4 is 93.7 Å². The summed E-state index contributed by atoms with van der Waals surface area (Å²) in [6, 6.07) is -2.41. The Hall–Kier alpha value is -10.7. The topological polar surface area (TPSA) is 402 Å². The minimum atomic E-state index is -4.71. The fourth-order valence-corrected chi connectivity index (χ4v) is 19.5. The number of nitrogens with zero attached hydrogens (tertiary/aromatic N) is 9. The number of para-hydroxylation sites is 1. The minimum absolute atomic E-state index is 0.0000602. The molecule has 0 bridgehead atoms. The Morgan fingerprint density at radius 2 is 0.810 bits per heavy atom. The van der Waals surface area contributed by atoms with Gasteiger partial charge in [0, 0.05) is 92.5 Å². The molecule has 2 aliphatic carbocycles. The fraction of sp³-hybridized carbons (Fsp3) is 0.709. The molecule has 7 rings (SSSR count). The van der Waals surface area contributed by atoms with E-state index in [-0.39, 0.29) is 144 Å². The number of esters is 2. The summed E-state index contributed by atoms with van der Waals surface area (Å²) < 4.78 is 57.0. The summed E-state index contributed by atoms with van der Waals surface area (Å²) in [7, 11) is 8.46. The first kappa shape index (κ1) is 113. The van der Waals surface area contributed by atoms with E-state index in [1.54, 1.807) is 36.7 Å². The van der Waals surface area contributed by atoms with Crippen molar-refractivity contribution in [3.8, 4) is 12.1 Å². The maximum atomic E-state index is 16.5. The Morgan fingerprint density at radius 1 is 0.423 bits per heavy atom. The van der Waals surface area contributed by atoms with Crippen LogP contribution in [0, 0.1) is 70.0 Å². The number of unbranched alkanes of at least 4 members (excludes halogenated alkanes) is 2. The van der Waals surface area contributed by atoms with Crippen LogP contribution >= 0.6 is 0 Å². The number of halogens is 3. The van der Waals surface area contributed by atoms with E-state index in [4.69, 9.17) is 9.47 Å². The molecule has 12 amide bonds. The van der Waals surface area contributed by atoms with Crippen LogP contribution in [0.5, 0.6) is 0 Å². The standard InChI is InChI=1S/C103H156F3N15O16/c1-21-23-33-65(11)54-79-97(130)116(16)68(14)102(135)137-87(42-32-48-108)94(127)114-81(56-69-36-28-29-37-69)100(133)118(18)83(52-64(9)10)90(123)113-80(99(132)119(19)84(91(124)112-79)57-70-34-26-25-27-35-70)55-66(12)53-72-38-30-39-75-73(60-121(88(72)75)59-71-43-45-74(46-44-71)103(104,105)106)58-85-92(125)110-77(49-61(3)4)96(129)115(15)67(13)101(134)136-86(41-31-47-107)93(126)109-76(40-24-22-2)95(128)117(17)82(51-63(7)8)89(122)111-78(50-62(5)6)98(131)120(85)20/h30,38-39,43-46,60-70,76-87H,21-29,31-37,40-42,49-59H2,1-20H3,(H,109,126)(H,110,125)(H,111,122)(H,112,124)(H,113,123)(H,114,127)/t65-,66?,67+,68+,76+,77+,78+,79+,80+,81+,82+,83+,84+,85+,86-,87-/m1/s1. The van der Waals surface area contributed by atoms with Crippen LogP contribution < -0.4 is 31.9 Å². The molecule has 6 N–H and O–H groups in total. The van der Waals surface area contributed by atoms with E-state index >= 15 is 47.9 Å². The summed E-state index contributed by atoms with van der Waals surface area (Å²) in [5, 5.41) is 37.9. The van der Waals surface area contributed by atoms with Crippen molar-refractivity contribution in [3.63, 3.8) is 0 Å². The third kappa shape index (κ3) is 32.5. The van der Waals surface area contributed by atoms with Gasteiger partial charge in [0.05, 0.1) is 23.2 Å². The number of carbonyl (C=O) groups excluding carboxylic acids is 14. The Morgan fingerprint density at radius 3 is 1.26 bits per heavy atom. The van der Waals surface area contributed by atoms with Crippen molar-refractivity contribution in [1.82, 2.24) is 65.9 Å². The van der Waals surface area contributed by atoms with Crippen LogP contribution in [0.3, 0.4) is 0 Å². The number of ether oxygens (including phenoxy) is 2. The second-order valence-corrected chi connectivity index (χ2v) is 41.0. The smallest absolute Gasteiger partial charge is 0.416 e. The van der Waals surface area contributed by atoms with Gasteiger partial charge in [0.1, 0.15) is 72.5 Å². The first-order chi connectivity index (χ1) is 64.6. The Kier molecular flexibility index (Phi) is 44.2. The van der Waals surface area contributed by atoms with Crippen molar-refractivity contribution in [3.05, 3.63) is 70.9 Å².